The van der Waals surface area contributed by atoms with E-state index in [1.54, 1.807) is 12.3 Å². The summed E-state index contributed by atoms with van der Waals surface area (Å²) in [5.41, 5.74) is 2.74. The van der Waals surface area contributed by atoms with Crippen LogP contribution in [0, 0.1) is 11.8 Å². The third-order valence-electron chi connectivity index (χ3n) is 4.49. The zero-order chi connectivity index (χ0) is 19.1. The van der Waals surface area contributed by atoms with E-state index in [1.165, 1.54) is 19.8 Å². The second-order valence-electron chi connectivity index (χ2n) is 7.00. The van der Waals surface area contributed by atoms with E-state index in [9.17, 15) is 4.79 Å². The number of amides is 1. The third kappa shape index (κ3) is 6.10. The van der Waals surface area contributed by atoms with Gasteiger partial charge in [-0.15, -0.1) is 0 Å². The van der Waals surface area contributed by atoms with Crippen LogP contribution in [0.4, 0.5) is 0 Å². The number of nitrogens with one attached hydrogen (secondary N) is 1. The first-order valence-electron chi connectivity index (χ1n) is 9.46. The smallest absolute Gasteiger partial charge is 0.317 e. The second-order valence-corrected chi connectivity index (χ2v) is 7.00. The van der Waals surface area contributed by atoms with Crippen molar-refractivity contribution in [3.63, 3.8) is 0 Å². The van der Waals surface area contributed by atoms with Gasteiger partial charge in [0.25, 0.3) is 0 Å². The van der Waals surface area contributed by atoms with E-state index in [4.69, 9.17) is 4.74 Å². The van der Waals surface area contributed by atoms with E-state index >= 15 is 0 Å². The molecule has 1 aliphatic rings. The standard InChI is InChI=1S/C22H25N3O2/c1-16(24-17(2)26)15-19-9-7-18(8-10-19)11-12-20-13-14-23-22(25-20)27-21-5-3-4-6-21/h7-10,13-14,16,21H,3-6,15H2,1-2H3,(H,24,26). The number of benzene rings is 1. The SMILES string of the molecule is CC(=O)NC(C)Cc1ccc(C#Cc2ccnc(OC3CCCC3)n2)cc1. The van der Waals surface area contributed by atoms with Gasteiger partial charge in [-0.2, -0.15) is 4.98 Å². The number of carbonyl (C=O) groups is 1. The maximum Gasteiger partial charge on any atom is 0.317 e. The Morgan fingerprint density at radius 1 is 1.22 bits per heavy atom. The molecule has 1 saturated carbocycles. The molecule has 27 heavy (non-hydrogen) atoms. The van der Waals surface area contributed by atoms with Crippen LogP contribution < -0.4 is 10.1 Å². The minimum Gasteiger partial charge on any atom is -0.460 e. The summed E-state index contributed by atoms with van der Waals surface area (Å²) in [5.74, 6) is 6.20. The van der Waals surface area contributed by atoms with Crippen LogP contribution in [0.15, 0.2) is 36.5 Å². The van der Waals surface area contributed by atoms with Crippen LogP contribution in [-0.4, -0.2) is 28.0 Å². The Labute approximate surface area is 160 Å². The quantitative estimate of drug-likeness (QED) is 0.828. The molecule has 1 aromatic heterocycles. The highest BCUT2D eigenvalue weighted by Gasteiger charge is 2.17. The summed E-state index contributed by atoms with van der Waals surface area (Å²) in [6.45, 7) is 3.53. The molecule has 0 aliphatic heterocycles. The van der Waals surface area contributed by atoms with Crippen LogP contribution in [0.2, 0.25) is 0 Å². The van der Waals surface area contributed by atoms with Crippen LogP contribution in [0.3, 0.4) is 0 Å². The molecule has 0 saturated heterocycles. The molecule has 3 rings (SSSR count). The predicted octanol–water partition coefficient (Wildman–Crippen LogP) is 3.26. The fraction of sp³-hybridized carbons (Fsp3) is 0.409. The summed E-state index contributed by atoms with van der Waals surface area (Å²) < 4.78 is 5.83. The van der Waals surface area contributed by atoms with Gasteiger partial charge < -0.3 is 10.1 Å². The molecule has 140 valence electrons. The van der Waals surface area contributed by atoms with Gasteiger partial charge in [-0.25, -0.2) is 4.98 Å². The molecule has 0 spiro atoms. The molecular formula is C22H25N3O2. The molecule has 1 aliphatic carbocycles. The average molecular weight is 363 g/mol. The molecule has 0 bridgehead atoms. The van der Waals surface area contributed by atoms with Crippen molar-refractivity contribution >= 4 is 5.91 Å². The molecule has 5 heteroatoms. The molecule has 1 fully saturated rings. The molecule has 2 aromatic rings. The van der Waals surface area contributed by atoms with Crippen LogP contribution in [-0.2, 0) is 11.2 Å². The summed E-state index contributed by atoms with van der Waals surface area (Å²) in [4.78, 5) is 19.7. The fourth-order valence-corrected chi connectivity index (χ4v) is 3.23. The Morgan fingerprint density at radius 2 is 1.96 bits per heavy atom. The molecule has 1 unspecified atom stereocenters. The zero-order valence-corrected chi connectivity index (χ0v) is 15.9. The number of hydrogen-bond acceptors (Lipinski definition) is 4. The van der Waals surface area contributed by atoms with Gasteiger partial charge in [0.15, 0.2) is 0 Å². The Balaban J connectivity index is 1.60. The average Bonchev–Trinajstić information content (AvgIpc) is 3.14. The van der Waals surface area contributed by atoms with Gasteiger partial charge in [0.1, 0.15) is 11.8 Å². The third-order valence-corrected chi connectivity index (χ3v) is 4.49. The second kappa shape index (κ2) is 9.18. The largest absolute Gasteiger partial charge is 0.460 e. The number of carbonyl (C=O) groups excluding carboxylic acids is 1. The molecule has 5 nitrogen and oxygen atoms in total. The van der Waals surface area contributed by atoms with Crippen molar-refractivity contribution in [3.05, 3.63) is 53.3 Å². The van der Waals surface area contributed by atoms with Crippen molar-refractivity contribution in [1.82, 2.24) is 15.3 Å². The van der Waals surface area contributed by atoms with Crippen molar-refractivity contribution in [2.45, 2.75) is 58.1 Å². The van der Waals surface area contributed by atoms with E-state index in [0.29, 0.717) is 11.7 Å². The molecule has 1 atom stereocenters. The Morgan fingerprint density at radius 3 is 2.67 bits per heavy atom. The van der Waals surface area contributed by atoms with Crippen LogP contribution in [0.1, 0.15) is 56.4 Å². The lowest BCUT2D eigenvalue weighted by Gasteiger charge is -2.12. The number of ether oxygens (including phenoxy) is 1. The summed E-state index contributed by atoms with van der Waals surface area (Å²) in [6, 6.07) is 10.4. The first-order chi connectivity index (χ1) is 13.1. The highest BCUT2D eigenvalue weighted by atomic mass is 16.5. The monoisotopic (exact) mass is 363 g/mol. The Hall–Kier alpha value is -2.87. The molecular weight excluding hydrogens is 338 g/mol. The summed E-state index contributed by atoms with van der Waals surface area (Å²) >= 11 is 0. The molecule has 1 aromatic carbocycles. The van der Waals surface area contributed by atoms with Gasteiger partial charge in [0.2, 0.25) is 5.91 Å². The molecule has 0 radical (unpaired) electrons. The molecule has 1 heterocycles. The summed E-state index contributed by atoms with van der Waals surface area (Å²) in [6.07, 6.45) is 7.29. The van der Waals surface area contributed by atoms with Gasteiger partial charge in [0.05, 0.1) is 0 Å². The minimum absolute atomic E-state index is 0.00822. The molecule has 1 amide bonds. The predicted molar refractivity (Wildman–Crippen MR) is 104 cm³/mol. The van der Waals surface area contributed by atoms with E-state index < -0.39 is 0 Å². The lowest BCUT2D eigenvalue weighted by molar-refractivity contribution is -0.119. The lowest BCUT2D eigenvalue weighted by Crippen LogP contribution is -2.31. The van der Waals surface area contributed by atoms with Crippen LogP contribution >= 0.6 is 0 Å². The summed E-state index contributed by atoms with van der Waals surface area (Å²) in [5, 5.41) is 2.89. The first kappa shape index (κ1) is 18.9. The van der Waals surface area contributed by atoms with E-state index in [0.717, 1.165) is 30.4 Å². The van der Waals surface area contributed by atoms with Gasteiger partial charge in [-0.3, -0.25) is 4.79 Å². The first-order valence-corrected chi connectivity index (χ1v) is 9.46. The minimum atomic E-state index is -0.00822. The highest BCUT2D eigenvalue weighted by Crippen LogP contribution is 2.21. The van der Waals surface area contributed by atoms with E-state index in [2.05, 4.69) is 27.1 Å². The van der Waals surface area contributed by atoms with Crippen molar-refractivity contribution in [2.75, 3.05) is 0 Å². The van der Waals surface area contributed by atoms with Gasteiger partial charge in [0, 0.05) is 24.7 Å². The van der Waals surface area contributed by atoms with Crippen molar-refractivity contribution in [3.8, 4) is 17.9 Å². The fourth-order valence-electron chi connectivity index (χ4n) is 3.23. The lowest BCUT2D eigenvalue weighted by atomic mass is 10.1. The topological polar surface area (TPSA) is 64.1 Å². The van der Waals surface area contributed by atoms with Crippen molar-refractivity contribution < 1.29 is 9.53 Å². The maximum atomic E-state index is 11.1. The zero-order valence-electron chi connectivity index (χ0n) is 15.9. The van der Waals surface area contributed by atoms with Crippen molar-refractivity contribution in [1.29, 1.82) is 0 Å². The van der Waals surface area contributed by atoms with Crippen LogP contribution in [0.5, 0.6) is 6.01 Å². The number of rotatable bonds is 5. The van der Waals surface area contributed by atoms with E-state index in [-0.39, 0.29) is 18.1 Å². The number of aromatic nitrogens is 2. The van der Waals surface area contributed by atoms with Crippen molar-refractivity contribution in [2.24, 2.45) is 0 Å². The maximum absolute atomic E-state index is 11.1. The molecule has 1 N–H and O–H groups in total. The van der Waals surface area contributed by atoms with Gasteiger partial charge in [-0.1, -0.05) is 18.1 Å². The summed E-state index contributed by atoms with van der Waals surface area (Å²) in [7, 11) is 0. The normalized spacial score (nSPS) is 14.9. The Bertz CT molecular complexity index is 831. The highest BCUT2D eigenvalue weighted by molar-refractivity contribution is 5.73. The number of hydrogen-bond donors (Lipinski definition) is 1. The number of nitrogens with zero attached hydrogens (tertiary/aromatic N) is 2. The van der Waals surface area contributed by atoms with Gasteiger partial charge in [-0.05, 0) is 68.7 Å². The van der Waals surface area contributed by atoms with Gasteiger partial charge >= 0.3 is 6.01 Å². The van der Waals surface area contributed by atoms with Crippen LogP contribution in [0.25, 0.3) is 0 Å². The Kier molecular flexibility index (Phi) is 6.43. The van der Waals surface area contributed by atoms with E-state index in [1.807, 2.05) is 31.2 Å².